The van der Waals surface area contributed by atoms with Gasteiger partial charge >= 0.3 is 0 Å². The number of sulfonamides is 1. The van der Waals surface area contributed by atoms with Crippen LogP contribution in [0.4, 0.5) is 5.69 Å². The van der Waals surface area contributed by atoms with Crippen molar-refractivity contribution in [2.45, 2.75) is 19.8 Å². The number of nitrogens with zero attached hydrogens (tertiary/aromatic N) is 1. The van der Waals surface area contributed by atoms with Crippen molar-refractivity contribution in [1.82, 2.24) is 4.31 Å². The molecule has 1 N–H and O–H groups in total. The summed E-state index contributed by atoms with van der Waals surface area (Å²) in [4.78, 5) is 12.6. The fraction of sp³-hybridized carbons (Fsp3) is 0.286. The average molecular weight is 419 g/mol. The number of hydrogen-bond donors (Lipinski definition) is 1. The van der Waals surface area contributed by atoms with Crippen molar-refractivity contribution < 1.29 is 13.2 Å². The van der Waals surface area contributed by atoms with E-state index in [1.54, 1.807) is 18.2 Å². The highest BCUT2D eigenvalue weighted by molar-refractivity contribution is 7.92. The van der Waals surface area contributed by atoms with Crippen LogP contribution in [0.25, 0.3) is 6.08 Å². The molecule has 0 bridgehead atoms. The third kappa shape index (κ3) is 5.22. The van der Waals surface area contributed by atoms with Gasteiger partial charge in [0.15, 0.2) is 0 Å². The van der Waals surface area contributed by atoms with Gasteiger partial charge in [0, 0.05) is 35.1 Å². The second kappa shape index (κ2) is 8.90. The molecule has 1 fully saturated rings. The molecule has 1 aliphatic rings. The first kappa shape index (κ1) is 20.6. The average Bonchev–Trinajstić information content (AvgIpc) is 2.70. The number of hydrogen-bond acceptors (Lipinski definition) is 3. The van der Waals surface area contributed by atoms with Crippen LogP contribution in [-0.2, 0) is 14.8 Å². The van der Waals surface area contributed by atoms with E-state index in [0.717, 1.165) is 11.1 Å². The van der Waals surface area contributed by atoms with Gasteiger partial charge in [0.25, 0.3) is 0 Å². The molecule has 0 saturated carbocycles. The van der Waals surface area contributed by atoms with Crippen LogP contribution in [0.3, 0.4) is 0 Å². The highest BCUT2D eigenvalue weighted by Gasteiger charge is 2.30. The molecular formula is C21H23ClN2O3S. The molecule has 2 aromatic rings. The standard InChI is InChI=1S/C21H23ClN2O3S/c1-16-7-8-19(22)15-20(16)23-21(25)18-9-12-24(13-10-18)28(26,27)14-11-17-5-3-2-4-6-17/h2-8,11,14-15,18H,9-10,12-13H2,1H3,(H,23,25)/b14-11+. The highest BCUT2D eigenvalue weighted by atomic mass is 35.5. The molecule has 0 aromatic heterocycles. The van der Waals surface area contributed by atoms with Crippen molar-refractivity contribution >= 4 is 39.3 Å². The monoisotopic (exact) mass is 418 g/mol. The Bertz CT molecular complexity index is 966. The number of aryl methyl sites for hydroxylation is 1. The first-order valence-electron chi connectivity index (χ1n) is 9.15. The Labute approximate surface area is 171 Å². The molecule has 5 nitrogen and oxygen atoms in total. The maximum absolute atomic E-state index is 12.6. The number of piperidine rings is 1. The second-order valence-electron chi connectivity index (χ2n) is 6.88. The zero-order valence-electron chi connectivity index (χ0n) is 15.6. The summed E-state index contributed by atoms with van der Waals surface area (Å²) in [6.07, 6.45) is 2.57. The van der Waals surface area contributed by atoms with Gasteiger partial charge in [0.05, 0.1) is 0 Å². The number of rotatable bonds is 5. The number of amides is 1. The minimum atomic E-state index is -3.50. The summed E-state index contributed by atoms with van der Waals surface area (Å²) in [5.41, 5.74) is 2.46. The van der Waals surface area contributed by atoms with Crippen LogP contribution < -0.4 is 5.32 Å². The van der Waals surface area contributed by atoms with E-state index in [4.69, 9.17) is 11.6 Å². The predicted octanol–water partition coefficient (Wildman–Crippen LogP) is 4.30. The Morgan fingerprint density at radius 1 is 1.14 bits per heavy atom. The van der Waals surface area contributed by atoms with Crippen LogP contribution in [0.15, 0.2) is 53.9 Å². The van der Waals surface area contributed by atoms with E-state index in [-0.39, 0.29) is 11.8 Å². The van der Waals surface area contributed by atoms with Crippen molar-refractivity contribution in [1.29, 1.82) is 0 Å². The lowest BCUT2D eigenvalue weighted by Gasteiger charge is -2.29. The van der Waals surface area contributed by atoms with Gasteiger partial charge in [-0.05, 0) is 49.1 Å². The summed E-state index contributed by atoms with van der Waals surface area (Å²) in [6.45, 7) is 2.56. The Morgan fingerprint density at radius 3 is 2.50 bits per heavy atom. The smallest absolute Gasteiger partial charge is 0.236 e. The summed E-state index contributed by atoms with van der Waals surface area (Å²) >= 11 is 6.00. The summed E-state index contributed by atoms with van der Waals surface area (Å²) in [5, 5.41) is 4.71. The molecular weight excluding hydrogens is 396 g/mol. The van der Waals surface area contributed by atoms with Crippen LogP contribution >= 0.6 is 11.6 Å². The largest absolute Gasteiger partial charge is 0.326 e. The molecule has 0 unspecified atom stereocenters. The topological polar surface area (TPSA) is 66.5 Å². The van der Waals surface area contributed by atoms with Gasteiger partial charge in [0.2, 0.25) is 15.9 Å². The first-order chi connectivity index (χ1) is 13.3. The molecule has 0 atom stereocenters. The van der Waals surface area contributed by atoms with Crippen LogP contribution in [0, 0.1) is 12.8 Å². The van der Waals surface area contributed by atoms with E-state index in [2.05, 4.69) is 5.32 Å². The van der Waals surface area contributed by atoms with Gasteiger partial charge in [-0.15, -0.1) is 0 Å². The Kier molecular flexibility index (Phi) is 6.54. The predicted molar refractivity (Wildman–Crippen MR) is 114 cm³/mol. The zero-order valence-corrected chi connectivity index (χ0v) is 17.2. The van der Waals surface area contributed by atoms with Gasteiger partial charge in [-0.2, -0.15) is 4.31 Å². The van der Waals surface area contributed by atoms with E-state index in [9.17, 15) is 13.2 Å². The Hall–Kier alpha value is -2.15. The molecule has 0 aliphatic carbocycles. The summed E-state index contributed by atoms with van der Waals surface area (Å²) < 4.78 is 26.5. The molecule has 148 valence electrons. The Morgan fingerprint density at radius 2 is 1.82 bits per heavy atom. The van der Waals surface area contributed by atoms with E-state index in [1.165, 1.54) is 9.71 Å². The quantitative estimate of drug-likeness (QED) is 0.787. The highest BCUT2D eigenvalue weighted by Crippen LogP contribution is 2.25. The van der Waals surface area contributed by atoms with Gasteiger partial charge in [0.1, 0.15) is 0 Å². The van der Waals surface area contributed by atoms with Gasteiger partial charge in [-0.25, -0.2) is 8.42 Å². The van der Waals surface area contributed by atoms with E-state index in [0.29, 0.717) is 36.6 Å². The van der Waals surface area contributed by atoms with Crippen molar-refractivity contribution in [3.05, 3.63) is 70.1 Å². The molecule has 0 spiro atoms. The molecule has 0 radical (unpaired) electrons. The third-order valence-electron chi connectivity index (χ3n) is 4.87. The lowest BCUT2D eigenvalue weighted by atomic mass is 9.97. The molecule has 2 aromatic carbocycles. The molecule has 28 heavy (non-hydrogen) atoms. The van der Waals surface area contributed by atoms with Gasteiger partial charge < -0.3 is 5.32 Å². The maximum atomic E-state index is 12.6. The molecule has 1 aliphatic heterocycles. The van der Waals surface area contributed by atoms with E-state index < -0.39 is 10.0 Å². The molecule has 1 saturated heterocycles. The SMILES string of the molecule is Cc1ccc(Cl)cc1NC(=O)C1CCN(S(=O)(=O)/C=C/c2ccccc2)CC1. The van der Waals surface area contributed by atoms with Crippen LogP contribution in [-0.4, -0.2) is 31.7 Å². The van der Waals surface area contributed by atoms with Crippen LogP contribution in [0.5, 0.6) is 0 Å². The number of carbonyl (C=O) groups excluding carboxylic acids is 1. The van der Waals surface area contributed by atoms with Crippen LogP contribution in [0.1, 0.15) is 24.0 Å². The van der Waals surface area contributed by atoms with Crippen molar-refractivity contribution in [3.8, 4) is 0 Å². The summed E-state index contributed by atoms with van der Waals surface area (Å²) in [6, 6.07) is 14.7. The molecule has 1 amide bonds. The molecule has 1 heterocycles. The number of anilines is 1. The lowest BCUT2D eigenvalue weighted by Crippen LogP contribution is -2.40. The minimum absolute atomic E-state index is 0.0951. The van der Waals surface area contributed by atoms with Gasteiger partial charge in [-0.3, -0.25) is 4.79 Å². The zero-order chi connectivity index (χ0) is 20.1. The number of carbonyl (C=O) groups is 1. The lowest BCUT2D eigenvalue weighted by molar-refractivity contribution is -0.120. The Balaban J connectivity index is 1.58. The number of halogens is 1. The second-order valence-corrected chi connectivity index (χ2v) is 9.14. The normalized spacial score (nSPS) is 16.4. The maximum Gasteiger partial charge on any atom is 0.236 e. The first-order valence-corrected chi connectivity index (χ1v) is 11.0. The van der Waals surface area contributed by atoms with E-state index >= 15 is 0 Å². The fourth-order valence-electron chi connectivity index (χ4n) is 3.15. The van der Waals surface area contributed by atoms with Gasteiger partial charge in [-0.1, -0.05) is 48.0 Å². The molecule has 7 heteroatoms. The molecule has 3 rings (SSSR count). The minimum Gasteiger partial charge on any atom is -0.326 e. The summed E-state index contributed by atoms with van der Waals surface area (Å²) in [5.74, 6) is -0.315. The number of nitrogens with one attached hydrogen (secondary N) is 1. The van der Waals surface area contributed by atoms with E-state index in [1.807, 2.05) is 43.3 Å². The van der Waals surface area contributed by atoms with Crippen molar-refractivity contribution in [3.63, 3.8) is 0 Å². The van der Waals surface area contributed by atoms with Crippen molar-refractivity contribution in [2.24, 2.45) is 5.92 Å². The fourth-order valence-corrected chi connectivity index (χ4v) is 4.54. The van der Waals surface area contributed by atoms with Crippen molar-refractivity contribution in [2.75, 3.05) is 18.4 Å². The van der Waals surface area contributed by atoms with Crippen LogP contribution in [0.2, 0.25) is 5.02 Å². The summed E-state index contributed by atoms with van der Waals surface area (Å²) in [7, 11) is -3.50. The third-order valence-corrected chi connectivity index (χ3v) is 6.67. The number of benzene rings is 2.